The Hall–Kier alpha value is -1.02. The van der Waals surface area contributed by atoms with Gasteiger partial charge in [-0.1, -0.05) is 19.1 Å². The highest BCUT2D eigenvalue weighted by molar-refractivity contribution is 5.41. The Morgan fingerprint density at radius 2 is 2.00 bits per heavy atom. The van der Waals surface area contributed by atoms with E-state index in [1.807, 2.05) is 13.1 Å². The Kier molecular flexibility index (Phi) is 3.75. The molecular formula is C13H21NO. The Morgan fingerprint density at radius 3 is 2.47 bits per heavy atom. The average molecular weight is 207 g/mol. The van der Waals surface area contributed by atoms with Gasteiger partial charge >= 0.3 is 0 Å². The molecule has 1 rings (SSSR count). The largest absolute Gasteiger partial charge is 0.496 e. The summed E-state index contributed by atoms with van der Waals surface area (Å²) < 4.78 is 5.39. The van der Waals surface area contributed by atoms with Crippen LogP contribution in [0.25, 0.3) is 0 Å². The lowest BCUT2D eigenvalue weighted by Crippen LogP contribution is -2.33. The third-order valence-corrected chi connectivity index (χ3v) is 2.97. The minimum Gasteiger partial charge on any atom is -0.496 e. The van der Waals surface area contributed by atoms with Crippen molar-refractivity contribution < 1.29 is 4.74 Å². The summed E-state index contributed by atoms with van der Waals surface area (Å²) in [6.45, 7) is 6.48. The normalized spacial score (nSPS) is 11.5. The summed E-state index contributed by atoms with van der Waals surface area (Å²) >= 11 is 0. The van der Waals surface area contributed by atoms with Crippen LogP contribution < -0.4 is 10.1 Å². The molecule has 2 heteroatoms. The molecule has 0 aromatic heterocycles. The first-order chi connectivity index (χ1) is 7.05. The number of benzene rings is 1. The lowest BCUT2D eigenvalue weighted by molar-refractivity contribution is 0.374. The van der Waals surface area contributed by atoms with E-state index in [-0.39, 0.29) is 5.54 Å². The van der Waals surface area contributed by atoms with Gasteiger partial charge in [0.1, 0.15) is 5.75 Å². The summed E-state index contributed by atoms with van der Waals surface area (Å²) in [5, 5.41) is 3.30. The second kappa shape index (κ2) is 4.67. The standard InChI is InChI=1S/C13H21NO/c1-6-10-7-8-12(15-5)11(9-10)13(2,3)14-4/h7-9,14H,6H2,1-5H3. The monoisotopic (exact) mass is 207 g/mol. The molecule has 2 nitrogen and oxygen atoms in total. The lowest BCUT2D eigenvalue weighted by atomic mass is 9.91. The van der Waals surface area contributed by atoms with Crippen LogP contribution in [0.3, 0.4) is 0 Å². The predicted molar refractivity (Wildman–Crippen MR) is 64.5 cm³/mol. The molecule has 15 heavy (non-hydrogen) atoms. The maximum atomic E-state index is 5.39. The minimum absolute atomic E-state index is 0.0590. The lowest BCUT2D eigenvalue weighted by Gasteiger charge is -2.27. The van der Waals surface area contributed by atoms with Crippen molar-refractivity contribution in [2.45, 2.75) is 32.7 Å². The molecule has 84 valence electrons. The Labute approximate surface area is 92.6 Å². The van der Waals surface area contributed by atoms with Gasteiger partial charge in [0.05, 0.1) is 7.11 Å². The van der Waals surface area contributed by atoms with Crippen LogP contribution in [-0.4, -0.2) is 14.2 Å². The fourth-order valence-corrected chi connectivity index (χ4v) is 1.60. The van der Waals surface area contributed by atoms with E-state index in [9.17, 15) is 0 Å². The first kappa shape index (κ1) is 12.1. The van der Waals surface area contributed by atoms with Crippen LogP contribution in [0.2, 0.25) is 0 Å². The quantitative estimate of drug-likeness (QED) is 0.819. The molecule has 0 fully saturated rings. The Bertz CT molecular complexity index is 331. The van der Waals surface area contributed by atoms with Crippen LogP contribution in [0.5, 0.6) is 5.75 Å². The van der Waals surface area contributed by atoms with Gasteiger partial charge in [-0.25, -0.2) is 0 Å². The molecule has 0 unspecified atom stereocenters. The Balaban J connectivity index is 3.23. The number of aryl methyl sites for hydroxylation is 1. The molecule has 0 atom stereocenters. The van der Waals surface area contributed by atoms with Crippen LogP contribution in [0.4, 0.5) is 0 Å². The minimum atomic E-state index is -0.0590. The van der Waals surface area contributed by atoms with Crippen molar-refractivity contribution in [3.8, 4) is 5.75 Å². The highest BCUT2D eigenvalue weighted by atomic mass is 16.5. The molecule has 1 aromatic carbocycles. The zero-order valence-electron chi connectivity index (χ0n) is 10.3. The van der Waals surface area contributed by atoms with Crippen LogP contribution in [0, 0.1) is 0 Å². The molecule has 0 bridgehead atoms. The highest BCUT2D eigenvalue weighted by Gasteiger charge is 2.22. The zero-order valence-corrected chi connectivity index (χ0v) is 10.3. The van der Waals surface area contributed by atoms with Gasteiger partial charge in [-0.15, -0.1) is 0 Å². The van der Waals surface area contributed by atoms with E-state index >= 15 is 0 Å². The van der Waals surface area contributed by atoms with Gasteiger partial charge in [0.2, 0.25) is 0 Å². The summed E-state index contributed by atoms with van der Waals surface area (Å²) in [6.07, 6.45) is 1.05. The number of hydrogen-bond donors (Lipinski definition) is 1. The summed E-state index contributed by atoms with van der Waals surface area (Å²) in [4.78, 5) is 0. The smallest absolute Gasteiger partial charge is 0.123 e. The van der Waals surface area contributed by atoms with Crippen molar-refractivity contribution in [3.05, 3.63) is 29.3 Å². The van der Waals surface area contributed by atoms with Crippen molar-refractivity contribution >= 4 is 0 Å². The third-order valence-electron chi connectivity index (χ3n) is 2.97. The second-order valence-corrected chi connectivity index (χ2v) is 4.26. The maximum Gasteiger partial charge on any atom is 0.123 e. The summed E-state index contributed by atoms with van der Waals surface area (Å²) in [6, 6.07) is 6.39. The van der Waals surface area contributed by atoms with Gasteiger partial charge in [0.25, 0.3) is 0 Å². The van der Waals surface area contributed by atoms with Crippen molar-refractivity contribution in [2.24, 2.45) is 0 Å². The highest BCUT2D eigenvalue weighted by Crippen LogP contribution is 2.30. The molecule has 1 N–H and O–H groups in total. The molecule has 1 aromatic rings. The van der Waals surface area contributed by atoms with E-state index in [2.05, 4.69) is 38.2 Å². The molecular weight excluding hydrogens is 186 g/mol. The molecule has 0 aliphatic carbocycles. The summed E-state index contributed by atoms with van der Waals surface area (Å²) in [5.74, 6) is 0.951. The van der Waals surface area contributed by atoms with E-state index in [0.717, 1.165) is 12.2 Å². The molecule has 0 amide bonds. The van der Waals surface area contributed by atoms with Gasteiger partial charge in [0, 0.05) is 11.1 Å². The van der Waals surface area contributed by atoms with E-state index in [1.165, 1.54) is 11.1 Å². The molecule has 0 saturated heterocycles. The van der Waals surface area contributed by atoms with Crippen LogP contribution in [0.1, 0.15) is 31.9 Å². The molecule has 0 saturated carbocycles. The molecule has 0 radical (unpaired) electrons. The van der Waals surface area contributed by atoms with Gasteiger partial charge < -0.3 is 10.1 Å². The molecule has 0 heterocycles. The topological polar surface area (TPSA) is 21.3 Å². The van der Waals surface area contributed by atoms with Crippen LogP contribution in [0.15, 0.2) is 18.2 Å². The van der Waals surface area contributed by atoms with Crippen LogP contribution in [-0.2, 0) is 12.0 Å². The number of nitrogens with one attached hydrogen (secondary N) is 1. The summed E-state index contributed by atoms with van der Waals surface area (Å²) in [7, 11) is 3.69. The fourth-order valence-electron chi connectivity index (χ4n) is 1.60. The van der Waals surface area contributed by atoms with Gasteiger partial charge in [0.15, 0.2) is 0 Å². The maximum absolute atomic E-state index is 5.39. The van der Waals surface area contributed by atoms with Crippen molar-refractivity contribution in [1.82, 2.24) is 5.32 Å². The van der Waals surface area contributed by atoms with Gasteiger partial charge in [-0.05, 0) is 38.9 Å². The molecule has 0 aliphatic rings. The molecule has 0 spiro atoms. The van der Waals surface area contributed by atoms with Crippen LogP contribution >= 0.6 is 0 Å². The predicted octanol–water partition coefficient (Wildman–Crippen LogP) is 2.71. The SMILES string of the molecule is CCc1ccc(OC)c(C(C)(C)NC)c1. The van der Waals surface area contributed by atoms with E-state index < -0.39 is 0 Å². The van der Waals surface area contributed by atoms with Crippen molar-refractivity contribution in [1.29, 1.82) is 0 Å². The van der Waals surface area contributed by atoms with Gasteiger partial charge in [-0.3, -0.25) is 0 Å². The zero-order chi connectivity index (χ0) is 11.5. The van der Waals surface area contributed by atoms with E-state index in [1.54, 1.807) is 7.11 Å². The van der Waals surface area contributed by atoms with E-state index in [0.29, 0.717) is 0 Å². The Morgan fingerprint density at radius 1 is 1.33 bits per heavy atom. The van der Waals surface area contributed by atoms with Crippen molar-refractivity contribution in [2.75, 3.05) is 14.2 Å². The van der Waals surface area contributed by atoms with Crippen molar-refractivity contribution in [3.63, 3.8) is 0 Å². The van der Waals surface area contributed by atoms with Gasteiger partial charge in [-0.2, -0.15) is 0 Å². The van der Waals surface area contributed by atoms with E-state index in [4.69, 9.17) is 4.74 Å². The first-order valence-electron chi connectivity index (χ1n) is 5.41. The number of hydrogen-bond acceptors (Lipinski definition) is 2. The second-order valence-electron chi connectivity index (χ2n) is 4.26. The molecule has 0 aliphatic heterocycles. The summed E-state index contributed by atoms with van der Waals surface area (Å²) in [5.41, 5.74) is 2.50. The number of ether oxygens (including phenoxy) is 1. The number of methoxy groups -OCH3 is 1. The number of rotatable bonds is 4. The third kappa shape index (κ3) is 2.51. The first-order valence-corrected chi connectivity index (χ1v) is 5.41. The average Bonchev–Trinajstić information content (AvgIpc) is 2.28. The fraction of sp³-hybridized carbons (Fsp3) is 0.538.